The van der Waals surface area contributed by atoms with E-state index in [9.17, 15) is 9.59 Å². The number of aromatic nitrogens is 4. The van der Waals surface area contributed by atoms with Gasteiger partial charge in [-0.2, -0.15) is 4.98 Å². The average Bonchev–Trinajstić information content (AvgIpc) is 2.82. The molecule has 2 aromatic heterocycles. The lowest BCUT2D eigenvalue weighted by Crippen LogP contribution is -2.24. The Morgan fingerprint density at radius 2 is 2.03 bits per heavy atom. The van der Waals surface area contributed by atoms with Gasteiger partial charge in [0.05, 0.1) is 31.3 Å². The number of aromatic amines is 1. The van der Waals surface area contributed by atoms with E-state index < -0.39 is 5.56 Å². The largest absolute Gasteiger partial charge is 0.490 e. The lowest BCUT2D eigenvalue weighted by atomic mass is 10.1. The second-order valence-corrected chi connectivity index (χ2v) is 7.71. The fraction of sp³-hybridized carbons (Fsp3) is 0.136. The molecule has 0 aliphatic carbocycles. The molecule has 0 fully saturated rings. The molecule has 33 heavy (non-hydrogen) atoms. The first-order valence-corrected chi connectivity index (χ1v) is 10.5. The maximum absolute atomic E-state index is 13.1. The molecule has 0 aliphatic heterocycles. The Morgan fingerprint density at radius 1 is 1.21 bits per heavy atom. The predicted octanol–water partition coefficient (Wildman–Crippen LogP) is 3.44. The van der Waals surface area contributed by atoms with Gasteiger partial charge in [0.1, 0.15) is 0 Å². The summed E-state index contributed by atoms with van der Waals surface area (Å²) in [5, 5.41) is 3.74. The van der Waals surface area contributed by atoms with Crippen LogP contribution in [0.4, 0.5) is 0 Å². The standard InChI is InChI=1S/C22H18ClN5O4S/c1-31-17-11-25-21(27-19(17)32-2)28-20(30)15-7-6-13(9-16(15)26-22(28)33)18(29)24-10-12-4-3-5-14(23)8-12/h3-9,11H,10H2,1-2H3,(H,24,29)(H,26,33). The van der Waals surface area contributed by atoms with Gasteiger partial charge in [0, 0.05) is 17.1 Å². The van der Waals surface area contributed by atoms with Gasteiger partial charge in [0.15, 0.2) is 10.5 Å². The van der Waals surface area contributed by atoms with Crippen LogP contribution in [0.1, 0.15) is 15.9 Å². The minimum absolute atomic E-state index is 0.0316. The molecule has 0 atom stereocenters. The van der Waals surface area contributed by atoms with Crippen LogP contribution in [0.25, 0.3) is 16.9 Å². The lowest BCUT2D eigenvalue weighted by Gasteiger charge is -2.11. The van der Waals surface area contributed by atoms with Gasteiger partial charge >= 0.3 is 0 Å². The molecule has 168 valence electrons. The summed E-state index contributed by atoms with van der Waals surface area (Å²) < 4.78 is 11.5. The average molecular weight is 484 g/mol. The highest BCUT2D eigenvalue weighted by atomic mass is 35.5. The van der Waals surface area contributed by atoms with Gasteiger partial charge < -0.3 is 19.8 Å². The number of hydrogen-bond acceptors (Lipinski definition) is 7. The van der Waals surface area contributed by atoms with E-state index in [0.717, 1.165) is 10.1 Å². The zero-order valence-electron chi connectivity index (χ0n) is 17.6. The van der Waals surface area contributed by atoms with Gasteiger partial charge in [-0.1, -0.05) is 23.7 Å². The number of H-pyrrole nitrogens is 1. The van der Waals surface area contributed by atoms with Crippen LogP contribution in [0.2, 0.25) is 5.02 Å². The summed E-state index contributed by atoms with van der Waals surface area (Å²) >= 11 is 11.3. The van der Waals surface area contributed by atoms with Crippen molar-refractivity contribution in [3.63, 3.8) is 0 Å². The van der Waals surface area contributed by atoms with E-state index in [4.69, 9.17) is 33.3 Å². The van der Waals surface area contributed by atoms with Crippen molar-refractivity contribution in [1.29, 1.82) is 0 Å². The summed E-state index contributed by atoms with van der Waals surface area (Å²) in [4.78, 5) is 37.1. The Balaban J connectivity index is 1.67. The van der Waals surface area contributed by atoms with Crippen LogP contribution in [0.5, 0.6) is 11.6 Å². The quantitative estimate of drug-likeness (QED) is 0.404. The lowest BCUT2D eigenvalue weighted by molar-refractivity contribution is 0.0951. The number of amides is 1. The summed E-state index contributed by atoms with van der Waals surface area (Å²) in [6.45, 7) is 0.311. The van der Waals surface area contributed by atoms with Crippen molar-refractivity contribution >= 4 is 40.6 Å². The molecule has 2 heterocycles. The first-order valence-electron chi connectivity index (χ1n) is 9.68. The van der Waals surface area contributed by atoms with Crippen LogP contribution < -0.4 is 20.3 Å². The molecule has 1 amide bonds. The maximum atomic E-state index is 13.1. The molecule has 2 aromatic carbocycles. The van der Waals surface area contributed by atoms with Crippen LogP contribution in [0.3, 0.4) is 0 Å². The Labute approximate surface area is 198 Å². The van der Waals surface area contributed by atoms with E-state index in [1.807, 2.05) is 12.1 Å². The molecule has 4 rings (SSSR count). The molecule has 0 aliphatic rings. The SMILES string of the molecule is COc1cnc(-n2c(=S)[nH]c3cc(C(=O)NCc4cccc(Cl)c4)ccc3c2=O)nc1OC. The Hall–Kier alpha value is -3.76. The number of methoxy groups -OCH3 is 2. The molecular weight excluding hydrogens is 466 g/mol. The monoisotopic (exact) mass is 483 g/mol. The Morgan fingerprint density at radius 3 is 2.76 bits per heavy atom. The van der Waals surface area contributed by atoms with Crippen LogP contribution in [0, 0.1) is 4.77 Å². The van der Waals surface area contributed by atoms with Crippen LogP contribution in [-0.2, 0) is 6.54 Å². The molecule has 0 saturated heterocycles. The van der Waals surface area contributed by atoms with Crippen molar-refractivity contribution in [2.75, 3.05) is 14.2 Å². The number of ether oxygens (including phenoxy) is 2. The first-order chi connectivity index (χ1) is 15.9. The van der Waals surface area contributed by atoms with E-state index in [1.54, 1.807) is 30.3 Å². The second kappa shape index (κ2) is 9.39. The molecule has 2 N–H and O–H groups in total. The second-order valence-electron chi connectivity index (χ2n) is 6.89. The zero-order chi connectivity index (χ0) is 23.5. The Bertz CT molecular complexity index is 1480. The summed E-state index contributed by atoms with van der Waals surface area (Å²) in [7, 11) is 2.88. The minimum atomic E-state index is -0.438. The highest BCUT2D eigenvalue weighted by Gasteiger charge is 2.15. The summed E-state index contributed by atoms with van der Waals surface area (Å²) in [6.07, 6.45) is 1.39. The number of fused-ring (bicyclic) bond motifs is 1. The van der Waals surface area contributed by atoms with Crippen LogP contribution in [0.15, 0.2) is 53.5 Å². The highest BCUT2D eigenvalue weighted by Crippen LogP contribution is 2.23. The summed E-state index contributed by atoms with van der Waals surface area (Å²) in [6, 6.07) is 11.9. The zero-order valence-corrected chi connectivity index (χ0v) is 19.2. The van der Waals surface area contributed by atoms with E-state index >= 15 is 0 Å². The van der Waals surface area contributed by atoms with Gasteiger partial charge in [-0.25, -0.2) is 9.55 Å². The third-order valence-corrected chi connectivity index (χ3v) is 5.34. The maximum Gasteiger partial charge on any atom is 0.269 e. The number of rotatable bonds is 6. The molecule has 0 saturated carbocycles. The van der Waals surface area contributed by atoms with Gasteiger partial charge in [-0.05, 0) is 48.1 Å². The number of hydrogen-bond donors (Lipinski definition) is 2. The summed E-state index contributed by atoms with van der Waals surface area (Å²) in [5.74, 6) is 0.210. The van der Waals surface area contributed by atoms with Gasteiger partial charge in [0.25, 0.3) is 17.3 Å². The van der Waals surface area contributed by atoms with Gasteiger partial charge in [-0.15, -0.1) is 0 Å². The van der Waals surface area contributed by atoms with Gasteiger partial charge in [0.2, 0.25) is 5.95 Å². The number of carbonyl (C=O) groups excluding carboxylic acids is 1. The molecule has 0 spiro atoms. The van der Waals surface area contributed by atoms with Crippen molar-refractivity contribution in [3.05, 3.63) is 79.9 Å². The van der Waals surface area contributed by atoms with E-state index in [0.29, 0.717) is 33.8 Å². The number of halogens is 1. The fourth-order valence-corrected chi connectivity index (χ4v) is 3.70. The molecule has 0 bridgehead atoms. The highest BCUT2D eigenvalue weighted by molar-refractivity contribution is 7.71. The number of nitrogens with one attached hydrogen (secondary N) is 2. The summed E-state index contributed by atoms with van der Waals surface area (Å²) in [5.41, 5.74) is 1.22. The molecule has 0 radical (unpaired) electrons. The van der Waals surface area contributed by atoms with E-state index in [-0.39, 0.29) is 22.5 Å². The first kappa shape index (κ1) is 22.4. The fourth-order valence-electron chi connectivity index (χ4n) is 3.21. The number of benzene rings is 2. The van der Waals surface area contributed by atoms with Crippen molar-refractivity contribution in [3.8, 4) is 17.6 Å². The van der Waals surface area contributed by atoms with Crippen LogP contribution in [-0.4, -0.2) is 39.6 Å². The normalized spacial score (nSPS) is 10.8. The van der Waals surface area contributed by atoms with Crippen molar-refractivity contribution in [2.45, 2.75) is 6.54 Å². The number of nitrogens with zero attached hydrogens (tertiary/aromatic N) is 3. The van der Waals surface area contributed by atoms with Crippen molar-refractivity contribution in [2.24, 2.45) is 0 Å². The minimum Gasteiger partial charge on any atom is -0.490 e. The molecule has 9 nitrogen and oxygen atoms in total. The topological polar surface area (TPSA) is 111 Å². The van der Waals surface area contributed by atoms with E-state index in [1.165, 1.54) is 20.4 Å². The van der Waals surface area contributed by atoms with Crippen molar-refractivity contribution < 1.29 is 14.3 Å². The number of carbonyl (C=O) groups is 1. The molecule has 11 heteroatoms. The predicted molar refractivity (Wildman–Crippen MR) is 126 cm³/mol. The smallest absolute Gasteiger partial charge is 0.269 e. The molecule has 4 aromatic rings. The van der Waals surface area contributed by atoms with Crippen molar-refractivity contribution in [1.82, 2.24) is 24.8 Å². The third-order valence-electron chi connectivity index (χ3n) is 4.82. The Kier molecular flexibility index (Phi) is 6.38. The third kappa shape index (κ3) is 4.57. The molecular formula is C22H18ClN5O4S. The van der Waals surface area contributed by atoms with Crippen LogP contribution >= 0.6 is 23.8 Å². The van der Waals surface area contributed by atoms with E-state index in [2.05, 4.69) is 20.3 Å². The van der Waals surface area contributed by atoms with Gasteiger partial charge in [-0.3, -0.25) is 9.59 Å². The molecule has 0 unspecified atom stereocenters.